The maximum Gasteiger partial charge on any atom is 0.341 e. The highest BCUT2D eigenvalue weighted by atomic mass is 79.9. The fourth-order valence-electron chi connectivity index (χ4n) is 3.66. The molecule has 0 unspecified atom stereocenters. The van der Waals surface area contributed by atoms with Crippen LogP contribution in [0.25, 0.3) is 5.52 Å². The number of rotatable bonds is 6. The summed E-state index contributed by atoms with van der Waals surface area (Å²) >= 11 is 3.39. The Morgan fingerprint density at radius 2 is 1.97 bits per heavy atom. The molecule has 3 heterocycles. The van der Waals surface area contributed by atoms with Crippen LogP contribution in [0.1, 0.15) is 55.3 Å². The summed E-state index contributed by atoms with van der Waals surface area (Å²) in [6, 6.07) is 6.61. The highest BCUT2D eigenvalue weighted by Gasteiger charge is 2.39. The number of nitrogens with zero attached hydrogens (tertiary/aromatic N) is 3. The van der Waals surface area contributed by atoms with Crippen LogP contribution in [0.2, 0.25) is 0 Å². The van der Waals surface area contributed by atoms with Gasteiger partial charge in [-0.2, -0.15) is 0 Å². The molecule has 0 amide bonds. The number of hydrogen-bond acceptors (Lipinski definition) is 6. The molecule has 0 saturated heterocycles. The molecule has 3 aromatic rings. The molecular formula is C22H20BrN3O4. The summed E-state index contributed by atoms with van der Waals surface area (Å²) in [5, 5.41) is 0. The number of fused-ring (bicyclic) bond motifs is 4. The predicted molar refractivity (Wildman–Crippen MR) is 114 cm³/mol. The number of unbranched alkanes of at least 4 members (excludes halogenated alkanes) is 1. The lowest BCUT2D eigenvalue weighted by Crippen LogP contribution is -2.24. The lowest BCUT2D eigenvalue weighted by Gasteiger charge is -2.14. The quantitative estimate of drug-likeness (QED) is 0.318. The van der Waals surface area contributed by atoms with Crippen molar-refractivity contribution in [2.24, 2.45) is 0 Å². The molecule has 0 bridgehead atoms. The van der Waals surface area contributed by atoms with E-state index < -0.39 is 17.5 Å². The minimum absolute atomic E-state index is 0.0805. The average molecular weight is 470 g/mol. The van der Waals surface area contributed by atoms with E-state index in [4.69, 9.17) is 4.74 Å². The van der Waals surface area contributed by atoms with Crippen molar-refractivity contribution in [1.82, 2.24) is 14.3 Å². The molecule has 0 radical (unpaired) electrons. The van der Waals surface area contributed by atoms with E-state index in [1.54, 1.807) is 34.9 Å². The summed E-state index contributed by atoms with van der Waals surface area (Å²) in [5.74, 6) is -1.39. The van der Waals surface area contributed by atoms with Crippen molar-refractivity contribution in [3.63, 3.8) is 0 Å². The molecule has 1 aliphatic carbocycles. The van der Waals surface area contributed by atoms with Crippen LogP contribution in [0.5, 0.6) is 0 Å². The van der Waals surface area contributed by atoms with Gasteiger partial charge in [-0.3, -0.25) is 14.6 Å². The largest absolute Gasteiger partial charge is 0.462 e. The van der Waals surface area contributed by atoms with Crippen LogP contribution in [0.4, 0.5) is 0 Å². The summed E-state index contributed by atoms with van der Waals surface area (Å²) < 4.78 is 7.76. The monoisotopic (exact) mass is 469 g/mol. The topological polar surface area (TPSA) is 81.0 Å². The zero-order chi connectivity index (χ0) is 21.4. The minimum atomic E-state index is -0.602. The Balaban J connectivity index is 1.77. The van der Waals surface area contributed by atoms with Crippen molar-refractivity contribution >= 4 is 39.0 Å². The Kier molecular flexibility index (Phi) is 5.53. The first-order chi connectivity index (χ1) is 14.4. The van der Waals surface area contributed by atoms with Crippen molar-refractivity contribution < 1.29 is 19.1 Å². The molecule has 0 saturated carbocycles. The van der Waals surface area contributed by atoms with Gasteiger partial charge >= 0.3 is 5.97 Å². The van der Waals surface area contributed by atoms with Gasteiger partial charge in [0.05, 0.1) is 28.8 Å². The number of pyridine rings is 2. The van der Waals surface area contributed by atoms with E-state index in [9.17, 15) is 14.4 Å². The molecule has 0 atom stereocenters. The summed E-state index contributed by atoms with van der Waals surface area (Å²) in [4.78, 5) is 45.6. The molecule has 0 N–H and O–H groups in total. The number of halogens is 1. The molecule has 0 aromatic carbocycles. The third-order valence-corrected chi connectivity index (χ3v) is 5.51. The number of carbonyl (C=O) groups excluding carboxylic acids is 3. The second-order valence-electron chi connectivity index (χ2n) is 7.41. The van der Waals surface area contributed by atoms with Crippen LogP contribution in [0.15, 0.2) is 41.1 Å². The second-order valence-corrected chi connectivity index (χ2v) is 8.32. The summed E-state index contributed by atoms with van der Waals surface area (Å²) in [6.45, 7) is 1.14. The van der Waals surface area contributed by atoms with E-state index in [1.165, 1.54) is 6.20 Å². The third kappa shape index (κ3) is 3.46. The van der Waals surface area contributed by atoms with Crippen LogP contribution in [-0.2, 0) is 4.74 Å². The van der Waals surface area contributed by atoms with E-state index in [0.717, 1.165) is 13.0 Å². The molecule has 1 aliphatic rings. The van der Waals surface area contributed by atoms with Gasteiger partial charge in [-0.05, 0) is 73.7 Å². The van der Waals surface area contributed by atoms with E-state index >= 15 is 0 Å². The third-order valence-electron chi connectivity index (χ3n) is 5.04. The molecule has 4 rings (SSSR count). The first-order valence-electron chi connectivity index (χ1n) is 9.60. The van der Waals surface area contributed by atoms with Crippen molar-refractivity contribution in [3.05, 3.63) is 69.2 Å². The molecule has 3 aromatic heterocycles. The molecular weight excluding hydrogens is 450 g/mol. The van der Waals surface area contributed by atoms with Crippen molar-refractivity contribution in [1.29, 1.82) is 0 Å². The van der Waals surface area contributed by atoms with Gasteiger partial charge in [-0.15, -0.1) is 0 Å². The van der Waals surface area contributed by atoms with Gasteiger partial charge in [0.25, 0.3) is 0 Å². The van der Waals surface area contributed by atoms with Crippen LogP contribution < -0.4 is 0 Å². The fourth-order valence-corrected chi connectivity index (χ4v) is 4.00. The minimum Gasteiger partial charge on any atom is -0.462 e. The van der Waals surface area contributed by atoms with Crippen molar-refractivity contribution in [3.8, 4) is 0 Å². The Bertz CT molecular complexity index is 1180. The van der Waals surface area contributed by atoms with Crippen LogP contribution >= 0.6 is 15.9 Å². The molecule has 0 spiro atoms. The van der Waals surface area contributed by atoms with E-state index in [-0.39, 0.29) is 34.7 Å². The number of esters is 1. The van der Waals surface area contributed by atoms with Gasteiger partial charge in [0.2, 0.25) is 5.78 Å². The first-order valence-corrected chi connectivity index (χ1v) is 10.4. The lowest BCUT2D eigenvalue weighted by atomic mass is 9.89. The second kappa shape index (κ2) is 8.12. The molecule has 0 fully saturated rings. The Hall–Kier alpha value is -2.84. The molecule has 0 aliphatic heterocycles. The van der Waals surface area contributed by atoms with Crippen LogP contribution in [0, 0.1) is 0 Å². The zero-order valence-electron chi connectivity index (χ0n) is 16.6. The van der Waals surface area contributed by atoms with Gasteiger partial charge < -0.3 is 14.0 Å². The number of carbonyl (C=O) groups is 3. The van der Waals surface area contributed by atoms with Gasteiger partial charge in [0.15, 0.2) is 5.78 Å². The molecule has 154 valence electrons. The average Bonchev–Trinajstić information content (AvgIpc) is 3.06. The maximum absolute atomic E-state index is 13.3. The zero-order valence-corrected chi connectivity index (χ0v) is 18.2. The standard InChI is InChI=1S/C22H20BrN3O4/c1-25(2)10-3-4-11-30-22(29)16-15-8-7-13(23)12-26(15)19-17(16)20(27)14-6-5-9-24-18(14)21(19)28/h5-9,12H,3-4,10-11H2,1-2H3. The van der Waals surface area contributed by atoms with Gasteiger partial charge in [-0.1, -0.05) is 0 Å². The summed E-state index contributed by atoms with van der Waals surface area (Å²) in [6.07, 6.45) is 4.74. The summed E-state index contributed by atoms with van der Waals surface area (Å²) in [5.41, 5.74) is 1.09. The van der Waals surface area contributed by atoms with E-state index in [0.29, 0.717) is 16.4 Å². The van der Waals surface area contributed by atoms with Gasteiger partial charge in [0.1, 0.15) is 11.4 Å². The molecule has 8 heteroatoms. The predicted octanol–water partition coefficient (Wildman–Crippen LogP) is 3.37. The Morgan fingerprint density at radius 1 is 1.17 bits per heavy atom. The summed E-state index contributed by atoms with van der Waals surface area (Å²) in [7, 11) is 3.97. The number of aromatic nitrogens is 2. The number of hydrogen-bond donors (Lipinski definition) is 0. The highest BCUT2D eigenvalue weighted by molar-refractivity contribution is 9.10. The smallest absolute Gasteiger partial charge is 0.341 e. The Labute approximate surface area is 181 Å². The van der Waals surface area contributed by atoms with Crippen LogP contribution in [-0.4, -0.2) is 59.1 Å². The fraction of sp³-hybridized carbons (Fsp3) is 0.273. The number of ether oxygens (including phenoxy) is 1. The maximum atomic E-state index is 13.3. The number of ketones is 2. The Morgan fingerprint density at radius 3 is 2.73 bits per heavy atom. The van der Waals surface area contributed by atoms with Gasteiger partial charge in [-0.25, -0.2) is 4.79 Å². The molecule has 30 heavy (non-hydrogen) atoms. The van der Waals surface area contributed by atoms with Crippen LogP contribution in [0.3, 0.4) is 0 Å². The lowest BCUT2D eigenvalue weighted by molar-refractivity contribution is 0.0496. The highest BCUT2D eigenvalue weighted by Crippen LogP contribution is 2.34. The normalized spacial score (nSPS) is 12.9. The van der Waals surface area contributed by atoms with Gasteiger partial charge in [0, 0.05) is 16.9 Å². The van der Waals surface area contributed by atoms with E-state index in [1.807, 2.05) is 14.1 Å². The SMILES string of the molecule is CN(C)CCCCOC(=O)c1c2c(n3cc(Br)ccc13)C(=O)c1ncccc1C2=O. The van der Waals surface area contributed by atoms with Crippen molar-refractivity contribution in [2.45, 2.75) is 12.8 Å². The first kappa shape index (κ1) is 20.4. The molecule has 7 nitrogen and oxygen atoms in total. The van der Waals surface area contributed by atoms with E-state index in [2.05, 4.69) is 25.8 Å². The van der Waals surface area contributed by atoms with Crippen molar-refractivity contribution in [2.75, 3.05) is 27.2 Å².